The molecule has 0 saturated carbocycles. The Morgan fingerprint density at radius 1 is 0.783 bits per heavy atom. The van der Waals surface area contributed by atoms with E-state index >= 15 is 0 Å². The van der Waals surface area contributed by atoms with Crippen LogP contribution in [-0.2, 0) is 14.2 Å². The molecule has 136 valence electrons. The minimum atomic E-state index is -1.47. The molecule has 0 aromatic carbocycles. The summed E-state index contributed by atoms with van der Waals surface area (Å²) in [6.07, 6.45) is -9.83. The van der Waals surface area contributed by atoms with Gasteiger partial charge in [0.05, 0.1) is 18.7 Å². The van der Waals surface area contributed by atoms with Crippen LogP contribution in [0.1, 0.15) is 0 Å². The van der Waals surface area contributed by atoms with Crippen LogP contribution in [0.2, 0.25) is 0 Å². The quantitative estimate of drug-likeness (QED) is 0.242. The number of ether oxygens (including phenoxy) is 3. The van der Waals surface area contributed by atoms with Gasteiger partial charge in [-0.05, 0) is 0 Å². The third-order valence-electron chi connectivity index (χ3n) is 4.17. The highest BCUT2D eigenvalue weighted by atomic mass is 16.7. The smallest absolute Gasteiger partial charge is 0.175 e. The fourth-order valence-corrected chi connectivity index (χ4v) is 2.59. The van der Waals surface area contributed by atoms with Crippen molar-refractivity contribution in [2.45, 2.75) is 61.3 Å². The first kappa shape index (κ1) is 18.9. The Morgan fingerprint density at radius 3 is 1.96 bits per heavy atom. The number of aliphatic hydroxyl groups is 5. The normalized spacial score (nSPS) is 51.7. The molecule has 10 atom stereocenters. The first-order chi connectivity index (χ1) is 10.8. The van der Waals surface area contributed by atoms with E-state index in [-0.39, 0.29) is 13.2 Å². The standard InChI is InChI=1S/C12H25N3O8/c13-1-3-7(16)10(19)6(15)12(23-3)21-2-4-8(17)9(18)5(14)11(20)22-4/h3-12,16-20H,1-2,13-15H2/t3-,4-,5-,6-,7-,8-,9-,10-,11-,12-/m1/s1. The Hall–Kier alpha value is -0.440. The summed E-state index contributed by atoms with van der Waals surface area (Å²) in [7, 11) is 0. The van der Waals surface area contributed by atoms with Crippen LogP contribution in [0.15, 0.2) is 0 Å². The summed E-state index contributed by atoms with van der Waals surface area (Å²) in [5.41, 5.74) is 16.6. The van der Waals surface area contributed by atoms with E-state index in [1.807, 2.05) is 0 Å². The minimum absolute atomic E-state index is 0.0559. The van der Waals surface area contributed by atoms with Gasteiger partial charge in [-0.15, -0.1) is 0 Å². The van der Waals surface area contributed by atoms with Crippen LogP contribution in [0.3, 0.4) is 0 Å². The van der Waals surface area contributed by atoms with Crippen LogP contribution >= 0.6 is 0 Å². The third-order valence-corrected chi connectivity index (χ3v) is 4.17. The maximum atomic E-state index is 9.89. The lowest BCUT2D eigenvalue weighted by Crippen LogP contribution is -2.64. The molecule has 23 heavy (non-hydrogen) atoms. The molecule has 2 aliphatic heterocycles. The SMILES string of the molecule is NC[C@H]1O[C@@H](OC[C@H]2O[C@@H](O)[C@H](N)[C@@H](O)[C@@H]2O)[C@H](N)[C@@H](O)[C@@H]1O. The van der Waals surface area contributed by atoms with E-state index in [0.717, 1.165) is 0 Å². The number of nitrogens with two attached hydrogens (primary N) is 3. The fraction of sp³-hybridized carbons (Fsp3) is 1.00. The Kier molecular flexibility index (Phi) is 6.27. The zero-order chi connectivity index (χ0) is 17.3. The van der Waals surface area contributed by atoms with Crippen molar-refractivity contribution >= 4 is 0 Å². The molecule has 0 unspecified atom stereocenters. The summed E-state index contributed by atoms with van der Waals surface area (Å²) < 4.78 is 15.8. The van der Waals surface area contributed by atoms with Crippen LogP contribution in [0.5, 0.6) is 0 Å². The molecule has 0 spiro atoms. The lowest BCUT2D eigenvalue weighted by atomic mass is 9.97. The van der Waals surface area contributed by atoms with E-state index in [1.165, 1.54) is 0 Å². The molecule has 0 aromatic rings. The van der Waals surface area contributed by atoms with Crippen LogP contribution in [0, 0.1) is 0 Å². The molecular formula is C12H25N3O8. The molecule has 2 fully saturated rings. The number of hydrogen-bond acceptors (Lipinski definition) is 11. The van der Waals surface area contributed by atoms with Crippen LogP contribution in [0.25, 0.3) is 0 Å². The van der Waals surface area contributed by atoms with Crippen molar-refractivity contribution < 1.29 is 39.7 Å². The van der Waals surface area contributed by atoms with Gasteiger partial charge in [-0.1, -0.05) is 0 Å². The molecule has 2 aliphatic rings. The summed E-state index contributed by atoms with van der Waals surface area (Å²) in [5.74, 6) is 0. The summed E-state index contributed by atoms with van der Waals surface area (Å²) in [5, 5.41) is 48.8. The van der Waals surface area contributed by atoms with Crippen LogP contribution in [0.4, 0.5) is 0 Å². The van der Waals surface area contributed by atoms with Crippen molar-refractivity contribution in [3.8, 4) is 0 Å². The van der Waals surface area contributed by atoms with Gasteiger partial charge in [-0.2, -0.15) is 0 Å². The molecule has 0 radical (unpaired) electrons. The highest BCUT2D eigenvalue weighted by molar-refractivity contribution is 4.93. The van der Waals surface area contributed by atoms with Gasteiger partial charge >= 0.3 is 0 Å². The maximum absolute atomic E-state index is 9.89. The first-order valence-electron chi connectivity index (χ1n) is 7.32. The van der Waals surface area contributed by atoms with Gasteiger partial charge in [0.2, 0.25) is 0 Å². The molecule has 0 amide bonds. The van der Waals surface area contributed by atoms with Gasteiger partial charge in [0.1, 0.15) is 36.6 Å². The molecular weight excluding hydrogens is 314 g/mol. The summed E-state index contributed by atoms with van der Waals surface area (Å²) >= 11 is 0. The van der Waals surface area contributed by atoms with Gasteiger partial charge in [0.15, 0.2) is 12.6 Å². The van der Waals surface area contributed by atoms with Crippen molar-refractivity contribution in [1.82, 2.24) is 0 Å². The molecule has 2 saturated heterocycles. The Morgan fingerprint density at radius 2 is 1.35 bits per heavy atom. The van der Waals surface area contributed by atoms with Crippen molar-refractivity contribution in [1.29, 1.82) is 0 Å². The van der Waals surface area contributed by atoms with Crippen LogP contribution in [-0.4, -0.2) is 100.0 Å². The average Bonchev–Trinajstić information content (AvgIpc) is 2.54. The predicted octanol–water partition coefficient (Wildman–Crippen LogP) is -5.50. The van der Waals surface area contributed by atoms with Gasteiger partial charge in [-0.25, -0.2) is 0 Å². The third kappa shape index (κ3) is 3.81. The Bertz CT molecular complexity index is 389. The van der Waals surface area contributed by atoms with Gasteiger partial charge < -0.3 is 56.9 Å². The van der Waals surface area contributed by atoms with E-state index in [9.17, 15) is 25.5 Å². The molecule has 2 heterocycles. The highest BCUT2D eigenvalue weighted by Gasteiger charge is 2.45. The van der Waals surface area contributed by atoms with Crippen molar-refractivity contribution in [2.75, 3.05) is 13.2 Å². The van der Waals surface area contributed by atoms with E-state index in [1.54, 1.807) is 0 Å². The monoisotopic (exact) mass is 339 g/mol. The van der Waals surface area contributed by atoms with Gasteiger partial charge in [0, 0.05) is 6.54 Å². The molecule has 0 aromatic heterocycles. The number of aliphatic hydroxyl groups excluding tert-OH is 5. The molecule has 11 nitrogen and oxygen atoms in total. The number of hydrogen-bond donors (Lipinski definition) is 8. The molecule has 11 N–H and O–H groups in total. The topological polar surface area (TPSA) is 207 Å². The fourth-order valence-electron chi connectivity index (χ4n) is 2.59. The second-order valence-corrected chi connectivity index (χ2v) is 5.79. The lowest BCUT2D eigenvalue weighted by Gasteiger charge is -2.42. The predicted molar refractivity (Wildman–Crippen MR) is 74.5 cm³/mol. The van der Waals surface area contributed by atoms with E-state index in [0.29, 0.717) is 0 Å². The zero-order valence-electron chi connectivity index (χ0n) is 12.4. The first-order valence-corrected chi connectivity index (χ1v) is 7.32. The Labute approximate surface area is 132 Å². The minimum Gasteiger partial charge on any atom is -0.388 e. The maximum Gasteiger partial charge on any atom is 0.175 e. The average molecular weight is 339 g/mol. The lowest BCUT2D eigenvalue weighted by molar-refractivity contribution is -0.290. The van der Waals surface area contributed by atoms with Gasteiger partial charge in [-0.3, -0.25) is 0 Å². The second kappa shape index (κ2) is 7.63. The van der Waals surface area contributed by atoms with Crippen molar-refractivity contribution in [2.24, 2.45) is 17.2 Å². The van der Waals surface area contributed by atoms with E-state index in [4.69, 9.17) is 31.4 Å². The van der Waals surface area contributed by atoms with Crippen molar-refractivity contribution in [3.63, 3.8) is 0 Å². The molecule has 0 bridgehead atoms. The second-order valence-electron chi connectivity index (χ2n) is 5.79. The van der Waals surface area contributed by atoms with Crippen molar-refractivity contribution in [3.05, 3.63) is 0 Å². The molecule has 11 heteroatoms. The Balaban J connectivity index is 1.94. The highest BCUT2D eigenvalue weighted by Crippen LogP contribution is 2.23. The van der Waals surface area contributed by atoms with E-state index in [2.05, 4.69) is 0 Å². The molecule has 0 aliphatic carbocycles. The van der Waals surface area contributed by atoms with E-state index < -0.39 is 61.3 Å². The van der Waals surface area contributed by atoms with Crippen LogP contribution < -0.4 is 17.2 Å². The molecule has 2 rings (SSSR count). The van der Waals surface area contributed by atoms with Gasteiger partial charge in [0.25, 0.3) is 0 Å². The summed E-state index contributed by atoms with van der Waals surface area (Å²) in [4.78, 5) is 0. The summed E-state index contributed by atoms with van der Waals surface area (Å²) in [6.45, 7) is -0.347. The zero-order valence-corrected chi connectivity index (χ0v) is 12.4. The number of rotatable bonds is 4. The summed E-state index contributed by atoms with van der Waals surface area (Å²) in [6, 6.07) is -2.20. The largest absolute Gasteiger partial charge is 0.388 e.